The lowest BCUT2D eigenvalue weighted by molar-refractivity contribution is 0.100. The summed E-state index contributed by atoms with van der Waals surface area (Å²) >= 11 is -1.45. The van der Waals surface area contributed by atoms with Crippen LogP contribution in [0.15, 0.2) is 89.0 Å². The molecule has 1 amide bonds. The predicted molar refractivity (Wildman–Crippen MR) is 160 cm³/mol. The van der Waals surface area contributed by atoms with E-state index in [1.807, 2.05) is 49.4 Å². The lowest BCUT2D eigenvalue weighted by Gasteiger charge is -2.24. The van der Waals surface area contributed by atoms with Crippen LogP contribution in [0.4, 0.5) is 5.69 Å². The number of carbonyl (C=O) groups excluding carboxylic acids is 1. The molecule has 3 aromatic carbocycles. The molecule has 2 aromatic heterocycles. The lowest BCUT2D eigenvalue weighted by atomic mass is 10.1. The topological polar surface area (TPSA) is 95.3 Å². The number of aromatic nitrogens is 2. The average molecular weight is 571 g/mol. The van der Waals surface area contributed by atoms with Gasteiger partial charge >= 0.3 is 0 Å². The molecular formula is C31H28N3O4S2-. The van der Waals surface area contributed by atoms with Gasteiger partial charge in [0.25, 0.3) is 11.5 Å². The van der Waals surface area contributed by atoms with Crippen molar-refractivity contribution in [1.29, 1.82) is 0 Å². The monoisotopic (exact) mass is 570 g/mol. The number of carbonyl (C=O) groups is 1. The Labute approximate surface area is 239 Å². The smallest absolute Gasteiger partial charge is 0.269 e. The highest BCUT2D eigenvalue weighted by Crippen LogP contribution is 2.37. The second-order valence-electron chi connectivity index (χ2n) is 9.56. The third kappa shape index (κ3) is 5.67. The molecule has 0 aliphatic carbocycles. The Morgan fingerprint density at radius 1 is 1.05 bits per heavy atom. The van der Waals surface area contributed by atoms with E-state index in [4.69, 9.17) is 4.98 Å². The molecule has 0 fully saturated rings. The van der Waals surface area contributed by atoms with Gasteiger partial charge in [-0.25, -0.2) is 9.29 Å². The van der Waals surface area contributed by atoms with Crippen molar-refractivity contribution < 1.29 is 13.6 Å². The summed E-state index contributed by atoms with van der Waals surface area (Å²) in [4.78, 5) is 32.1. The number of amides is 1. The highest BCUT2D eigenvalue weighted by atomic mass is 32.2. The fourth-order valence-electron chi connectivity index (χ4n) is 4.65. The molecule has 2 heterocycles. The Bertz CT molecular complexity index is 1740. The maximum absolute atomic E-state index is 13.5. The Hall–Kier alpha value is -3.92. The van der Waals surface area contributed by atoms with Crippen LogP contribution in [0.1, 0.15) is 47.1 Å². The molecule has 0 radical (unpaired) electrons. The maximum Gasteiger partial charge on any atom is 0.269 e. The van der Waals surface area contributed by atoms with Gasteiger partial charge in [0, 0.05) is 12.0 Å². The molecule has 204 valence electrons. The van der Waals surface area contributed by atoms with Crippen molar-refractivity contribution in [3.8, 4) is 10.4 Å². The van der Waals surface area contributed by atoms with Crippen molar-refractivity contribution in [1.82, 2.24) is 9.55 Å². The van der Waals surface area contributed by atoms with Gasteiger partial charge < -0.3 is 4.55 Å². The molecule has 5 rings (SSSR count). The first-order valence-electron chi connectivity index (χ1n) is 13.0. The lowest BCUT2D eigenvalue weighted by Crippen LogP contribution is -2.32. The Balaban J connectivity index is 1.47. The van der Waals surface area contributed by atoms with E-state index in [0.717, 1.165) is 39.7 Å². The second-order valence-corrected chi connectivity index (χ2v) is 11.3. The van der Waals surface area contributed by atoms with Gasteiger partial charge in [0.05, 0.1) is 39.3 Å². The van der Waals surface area contributed by atoms with Gasteiger partial charge in [0.2, 0.25) is 0 Å². The van der Waals surface area contributed by atoms with Crippen LogP contribution in [-0.4, -0.2) is 24.2 Å². The number of anilines is 1. The van der Waals surface area contributed by atoms with Gasteiger partial charge in [-0.3, -0.25) is 18.4 Å². The zero-order valence-corrected chi connectivity index (χ0v) is 23.8. The molecule has 0 saturated heterocycles. The second kappa shape index (κ2) is 12.1. The number of hydrogen-bond donors (Lipinski definition) is 0. The first-order chi connectivity index (χ1) is 19.4. The molecule has 0 bridgehead atoms. The molecule has 1 unspecified atom stereocenters. The van der Waals surface area contributed by atoms with Gasteiger partial charge in [-0.05, 0) is 60.2 Å². The first kappa shape index (κ1) is 27.6. The fraction of sp³-hybridized carbons (Fsp3) is 0.194. The Kier molecular flexibility index (Phi) is 8.35. The first-order valence-corrected chi connectivity index (χ1v) is 14.9. The minimum Gasteiger partial charge on any atom is -0.755 e. The normalized spacial score (nSPS) is 12.0. The van der Waals surface area contributed by atoms with Gasteiger partial charge in [0.15, 0.2) is 0 Å². The largest absolute Gasteiger partial charge is 0.755 e. The van der Waals surface area contributed by atoms with Crippen molar-refractivity contribution in [3.05, 3.63) is 117 Å². The minimum absolute atomic E-state index is 0.0580. The Morgan fingerprint density at radius 3 is 2.50 bits per heavy atom. The predicted octanol–water partition coefficient (Wildman–Crippen LogP) is 6.27. The summed E-state index contributed by atoms with van der Waals surface area (Å²) in [6, 6.07) is 23.3. The van der Waals surface area contributed by atoms with Crippen LogP contribution in [0.3, 0.4) is 0 Å². The van der Waals surface area contributed by atoms with Crippen LogP contribution in [0.25, 0.3) is 21.3 Å². The molecular weight excluding hydrogens is 542 g/mol. The summed E-state index contributed by atoms with van der Waals surface area (Å²) in [6.07, 6.45) is 2.64. The van der Waals surface area contributed by atoms with E-state index in [0.29, 0.717) is 34.4 Å². The van der Waals surface area contributed by atoms with Gasteiger partial charge in [-0.15, -0.1) is 11.3 Å². The van der Waals surface area contributed by atoms with E-state index < -0.39 is 17.2 Å². The summed E-state index contributed by atoms with van der Waals surface area (Å²) in [5.74, 6) is 0.143. The highest BCUT2D eigenvalue weighted by Gasteiger charge is 2.23. The number of hydrogen-bond acceptors (Lipinski definition) is 6. The number of thiophene rings is 1. The SMILES string of the molecule is CCCCc1nc2ccc(C)cc2c(=O)n1Cc1ccc(-c2sccc2N(C(=O)c2ccccc2)S(=O)[O-])cc1. The van der Waals surface area contributed by atoms with Crippen LogP contribution >= 0.6 is 11.3 Å². The number of unbranched alkanes of at least 4 members (excludes halogenated alkanes) is 1. The molecule has 40 heavy (non-hydrogen) atoms. The van der Waals surface area contributed by atoms with Gasteiger partial charge in [-0.1, -0.05) is 67.4 Å². The standard InChI is InChI=1S/C31H29N3O4S2/c1-3-4-10-28-32-26-16-11-21(2)19-25(26)31(36)33(28)20-22-12-14-23(15-13-22)29-27(17-18-39-29)34(40(37)38)30(35)24-8-6-5-7-9-24/h5-9,11-19H,3-4,10,20H2,1-2H3,(H,37,38)/p-1. The molecule has 0 spiro atoms. The van der Waals surface area contributed by atoms with Crippen molar-refractivity contribution in [3.63, 3.8) is 0 Å². The van der Waals surface area contributed by atoms with Crippen LogP contribution < -0.4 is 9.86 Å². The van der Waals surface area contributed by atoms with E-state index in [1.165, 1.54) is 11.3 Å². The summed E-state index contributed by atoms with van der Waals surface area (Å²) in [5.41, 5.74) is 3.93. The molecule has 0 saturated carbocycles. The van der Waals surface area contributed by atoms with Crippen LogP contribution in [0.2, 0.25) is 0 Å². The zero-order chi connectivity index (χ0) is 28.2. The molecule has 0 aliphatic heterocycles. The molecule has 7 nitrogen and oxygen atoms in total. The van der Waals surface area contributed by atoms with E-state index >= 15 is 0 Å². The summed E-state index contributed by atoms with van der Waals surface area (Å²) in [7, 11) is 0. The van der Waals surface area contributed by atoms with Crippen molar-refractivity contribution in [2.75, 3.05) is 4.31 Å². The highest BCUT2D eigenvalue weighted by molar-refractivity contribution is 7.81. The summed E-state index contributed by atoms with van der Waals surface area (Å²) < 4.78 is 26.9. The third-order valence-corrected chi connectivity index (χ3v) is 8.33. The van der Waals surface area contributed by atoms with Crippen molar-refractivity contribution >= 4 is 45.1 Å². The number of benzene rings is 3. The van der Waals surface area contributed by atoms with Gasteiger partial charge in [-0.2, -0.15) is 0 Å². The number of rotatable bonds is 9. The van der Waals surface area contributed by atoms with Gasteiger partial charge in [0.1, 0.15) is 5.82 Å². The zero-order valence-electron chi connectivity index (χ0n) is 22.2. The van der Waals surface area contributed by atoms with E-state index in [-0.39, 0.29) is 11.1 Å². The molecule has 1 atom stereocenters. The molecule has 5 aromatic rings. The van der Waals surface area contributed by atoms with E-state index in [9.17, 15) is 18.4 Å². The van der Waals surface area contributed by atoms with Crippen molar-refractivity contribution in [2.24, 2.45) is 0 Å². The average Bonchev–Trinajstić information content (AvgIpc) is 3.44. The molecule has 0 aliphatic rings. The fourth-order valence-corrected chi connectivity index (χ4v) is 6.14. The van der Waals surface area contributed by atoms with Crippen molar-refractivity contribution in [2.45, 2.75) is 39.7 Å². The summed E-state index contributed by atoms with van der Waals surface area (Å²) in [6.45, 7) is 4.44. The van der Waals surface area contributed by atoms with E-state index in [2.05, 4.69) is 6.92 Å². The third-order valence-electron chi connectivity index (χ3n) is 6.72. The quantitative estimate of drug-likeness (QED) is 0.195. The summed E-state index contributed by atoms with van der Waals surface area (Å²) in [5, 5.41) is 2.37. The van der Waals surface area contributed by atoms with Crippen LogP contribution in [-0.2, 0) is 24.2 Å². The minimum atomic E-state index is -2.80. The molecule has 9 heteroatoms. The number of fused-ring (bicyclic) bond motifs is 1. The van der Waals surface area contributed by atoms with Crippen LogP contribution in [0, 0.1) is 6.92 Å². The number of nitrogens with zero attached hydrogens (tertiary/aromatic N) is 3. The Morgan fingerprint density at radius 2 is 1.80 bits per heavy atom. The van der Waals surface area contributed by atoms with Crippen LogP contribution in [0.5, 0.6) is 0 Å². The number of aryl methyl sites for hydroxylation is 2. The maximum atomic E-state index is 13.5. The molecule has 0 N–H and O–H groups in total. The van der Waals surface area contributed by atoms with E-state index in [1.54, 1.807) is 46.3 Å².